The van der Waals surface area contributed by atoms with Gasteiger partial charge in [-0.3, -0.25) is 0 Å². The van der Waals surface area contributed by atoms with Crippen molar-refractivity contribution in [2.24, 2.45) is 58.2 Å². The quantitative estimate of drug-likeness (QED) is 0.470. The van der Waals surface area contributed by atoms with Gasteiger partial charge in [0, 0.05) is 12.5 Å². The molecular formula is C28H48O4. The molecule has 4 aliphatic carbocycles. The van der Waals surface area contributed by atoms with Crippen LogP contribution in [0.15, 0.2) is 12.2 Å². The summed E-state index contributed by atoms with van der Waals surface area (Å²) in [7, 11) is 0. The molecule has 0 aromatic carbocycles. The number of aliphatic hydroxyl groups is 4. The summed E-state index contributed by atoms with van der Waals surface area (Å²) in [5.74, 6) is 2.77. The van der Waals surface area contributed by atoms with Crippen LogP contribution in [-0.2, 0) is 0 Å². The van der Waals surface area contributed by atoms with Gasteiger partial charge in [-0.1, -0.05) is 46.8 Å². The summed E-state index contributed by atoms with van der Waals surface area (Å²) < 4.78 is 0. The van der Waals surface area contributed by atoms with Gasteiger partial charge in [0.2, 0.25) is 0 Å². The summed E-state index contributed by atoms with van der Waals surface area (Å²) in [5.41, 5.74) is 0.172. The van der Waals surface area contributed by atoms with E-state index in [0.717, 1.165) is 38.5 Å². The molecule has 32 heavy (non-hydrogen) atoms. The lowest BCUT2D eigenvalue weighted by Gasteiger charge is -2.62. The normalized spacial score (nSPS) is 50.7. The maximum absolute atomic E-state index is 11.4. The molecule has 12 unspecified atom stereocenters. The summed E-state index contributed by atoms with van der Waals surface area (Å²) in [6.07, 6.45) is 10.1. The van der Waals surface area contributed by atoms with Crippen LogP contribution >= 0.6 is 0 Å². The molecule has 0 saturated heterocycles. The lowest BCUT2D eigenvalue weighted by Crippen LogP contribution is -2.59. The van der Waals surface area contributed by atoms with Crippen LogP contribution in [0, 0.1) is 58.2 Å². The fraction of sp³-hybridized carbons (Fsp3) is 0.929. The third-order valence-corrected chi connectivity index (χ3v) is 11.1. The molecule has 12 atom stereocenters. The number of allylic oxidation sites excluding steroid dienone is 1. The minimum absolute atomic E-state index is 0.0812. The van der Waals surface area contributed by atoms with E-state index in [0.29, 0.717) is 29.6 Å². The fourth-order valence-corrected chi connectivity index (χ4v) is 9.15. The van der Waals surface area contributed by atoms with Crippen LogP contribution in [-0.4, -0.2) is 45.3 Å². The third-order valence-electron chi connectivity index (χ3n) is 11.1. The van der Waals surface area contributed by atoms with Crippen molar-refractivity contribution in [1.82, 2.24) is 0 Å². The van der Waals surface area contributed by atoms with Crippen LogP contribution in [0.2, 0.25) is 0 Å². The molecule has 0 spiro atoms. The standard InChI is InChI=1S/C28H48O4/c1-16(2)18(15-29)7-6-17(3)22-14-25(32)26-20-13-24(31)23-12-19(30)8-10-27(23,4)21(20)9-11-28(22,26)5/h6-7,16-26,29-32H,8-15H2,1-5H3. The SMILES string of the molecule is CC(C)C(C=CC(C)C1CC(O)C2C3CC(O)C4CC(O)CCC4(C)C3CCC12C)CO. The van der Waals surface area contributed by atoms with Gasteiger partial charge in [-0.25, -0.2) is 0 Å². The van der Waals surface area contributed by atoms with E-state index < -0.39 is 0 Å². The molecule has 0 radical (unpaired) electrons. The Balaban J connectivity index is 1.57. The Morgan fingerprint density at radius 3 is 2.19 bits per heavy atom. The molecule has 184 valence electrons. The highest BCUT2D eigenvalue weighted by Crippen LogP contribution is 2.68. The second kappa shape index (κ2) is 8.98. The van der Waals surface area contributed by atoms with Gasteiger partial charge >= 0.3 is 0 Å². The summed E-state index contributed by atoms with van der Waals surface area (Å²) in [6.45, 7) is 11.6. The van der Waals surface area contributed by atoms with Gasteiger partial charge in [0.15, 0.2) is 0 Å². The molecule has 0 heterocycles. The molecule has 4 rings (SSSR count). The van der Waals surface area contributed by atoms with Crippen molar-refractivity contribution >= 4 is 0 Å². The fourth-order valence-electron chi connectivity index (χ4n) is 9.15. The zero-order valence-electron chi connectivity index (χ0n) is 21.0. The topological polar surface area (TPSA) is 80.9 Å². The summed E-state index contributed by atoms with van der Waals surface area (Å²) >= 11 is 0. The van der Waals surface area contributed by atoms with Gasteiger partial charge in [-0.15, -0.1) is 0 Å². The van der Waals surface area contributed by atoms with Gasteiger partial charge in [-0.05, 0) is 97.2 Å². The Morgan fingerprint density at radius 1 is 0.844 bits per heavy atom. The highest BCUT2D eigenvalue weighted by atomic mass is 16.3. The molecule has 0 aromatic rings. The van der Waals surface area contributed by atoms with E-state index in [1.54, 1.807) is 0 Å². The lowest BCUT2D eigenvalue weighted by molar-refractivity contribution is -0.180. The summed E-state index contributed by atoms with van der Waals surface area (Å²) in [4.78, 5) is 0. The van der Waals surface area contributed by atoms with Crippen molar-refractivity contribution in [1.29, 1.82) is 0 Å². The first-order valence-corrected chi connectivity index (χ1v) is 13.4. The number of hydrogen-bond donors (Lipinski definition) is 4. The first-order chi connectivity index (χ1) is 15.0. The van der Waals surface area contributed by atoms with E-state index in [2.05, 4.69) is 46.8 Å². The minimum Gasteiger partial charge on any atom is -0.396 e. The number of hydrogen-bond acceptors (Lipinski definition) is 4. The average molecular weight is 449 g/mol. The lowest BCUT2D eigenvalue weighted by atomic mass is 9.43. The van der Waals surface area contributed by atoms with E-state index in [1.165, 1.54) is 6.42 Å². The summed E-state index contributed by atoms with van der Waals surface area (Å²) in [6, 6.07) is 0. The van der Waals surface area contributed by atoms with E-state index >= 15 is 0 Å². The first-order valence-electron chi connectivity index (χ1n) is 13.4. The molecule has 4 saturated carbocycles. The predicted octanol–water partition coefficient (Wildman–Crippen LogP) is 4.40. The Bertz CT molecular complexity index is 691. The van der Waals surface area contributed by atoms with Crippen LogP contribution in [0.25, 0.3) is 0 Å². The molecule has 0 amide bonds. The Labute approximate surface area is 195 Å². The Morgan fingerprint density at radius 2 is 1.53 bits per heavy atom. The van der Waals surface area contributed by atoms with Crippen LogP contribution in [0.4, 0.5) is 0 Å². The molecule has 4 heteroatoms. The highest BCUT2D eigenvalue weighted by Gasteiger charge is 2.64. The second-order valence-corrected chi connectivity index (χ2v) is 12.9. The number of rotatable bonds is 5. The molecule has 0 aliphatic heterocycles. The van der Waals surface area contributed by atoms with Crippen molar-refractivity contribution in [3.8, 4) is 0 Å². The van der Waals surface area contributed by atoms with Crippen molar-refractivity contribution in [2.75, 3.05) is 6.61 Å². The average Bonchev–Trinajstić information content (AvgIpc) is 3.00. The van der Waals surface area contributed by atoms with E-state index in [4.69, 9.17) is 0 Å². The molecule has 4 N–H and O–H groups in total. The molecule has 0 aromatic heterocycles. The maximum Gasteiger partial charge on any atom is 0.0579 e. The van der Waals surface area contributed by atoms with Gasteiger partial charge < -0.3 is 20.4 Å². The van der Waals surface area contributed by atoms with Crippen molar-refractivity contribution in [3.05, 3.63) is 12.2 Å². The maximum atomic E-state index is 11.4. The third kappa shape index (κ3) is 3.91. The van der Waals surface area contributed by atoms with Crippen LogP contribution in [0.3, 0.4) is 0 Å². The monoisotopic (exact) mass is 448 g/mol. The Kier molecular flexibility index (Phi) is 6.93. The van der Waals surface area contributed by atoms with Crippen LogP contribution in [0.5, 0.6) is 0 Å². The largest absolute Gasteiger partial charge is 0.396 e. The second-order valence-electron chi connectivity index (χ2n) is 12.9. The Hall–Kier alpha value is -0.420. The molecule has 0 bridgehead atoms. The van der Waals surface area contributed by atoms with Gasteiger partial charge in [0.1, 0.15) is 0 Å². The number of fused-ring (bicyclic) bond motifs is 5. The first kappa shape index (κ1) is 24.7. The molecule has 4 fully saturated rings. The predicted molar refractivity (Wildman–Crippen MR) is 128 cm³/mol. The van der Waals surface area contributed by atoms with Gasteiger partial charge in [0.05, 0.1) is 18.3 Å². The van der Waals surface area contributed by atoms with Crippen LogP contribution in [0.1, 0.15) is 79.6 Å². The zero-order valence-corrected chi connectivity index (χ0v) is 21.0. The smallest absolute Gasteiger partial charge is 0.0579 e. The number of aliphatic hydroxyl groups excluding tert-OH is 4. The molecule has 4 aliphatic rings. The van der Waals surface area contributed by atoms with Gasteiger partial charge in [-0.2, -0.15) is 0 Å². The molecular weight excluding hydrogens is 400 g/mol. The van der Waals surface area contributed by atoms with E-state index in [9.17, 15) is 20.4 Å². The zero-order chi connectivity index (χ0) is 23.4. The van der Waals surface area contributed by atoms with E-state index in [1.807, 2.05) is 0 Å². The molecule has 4 nitrogen and oxygen atoms in total. The van der Waals surface area contributed by atoms with Gasteiger partial charge in [0.25, 0.3) is 0 Å². The van der Waals surface area contributed by atoms with Crippen molar-refractivity contribution < 1.29 is 20.4 Å². The van der Waals surface area contributed by atoms with E-state index in [-0.39, 0.29) is 53.5 Å². The highest BCUT2D eigenvalue weighted by molar-refractivity contribution is 5.14. The summed E-state index contributed by atoms with van der Waals surface area (Å²) in [5, 5.41) is 42.6. The van der Waals surface area contributed by atoms with Crippen molar-refractivity contribution in [3.63, 3.8) is 0 Å². The minimum atomic E-state index is -0.363. The van der Waals surface area contributed by atoms with Crippen LogP contribution < -0.4 is 0 Å². The van der Waals surface area contributed by atoms with Crippen molar-refractivity contribution in [2.45, 2.75) is 97.9 Å².